The standard InChI is InChI=1S/C17H28O3Si/c1-5-15-11-9-10-12-16(15)13-14-20-21-17(6-2,18-7-3)19-8-4/h5,9-12H,1,6-8,13-14,21H2,2-4H3. The zero-order valence-corrected chi connectivity index (χ0v) is 15.0. The molecule has 0 aromatic heterocycles. The maximum Gasteiger partial charge on any atom is 0.227 e. The van der Waals surface area contributed by atoms with Crippen molar-refractivity contribution in [3.63, 3.8) is 0 Å². The average Bonchev–Trinajstić information content (AvgIpc) is 2.52. The number of hydrogen-bond donors (Lipinski definition) is 0. The van der Waals surface area contributed by atoms with Gasteiger partial charge in [0.05, 0.1) is 0 Å². The molecule has 0 amide bonds. The van der Waals surface area contributed by atoms with Crippen molar-refractivity contribution in [3.8, 4) is 0 Å². The van der Waals surface area contributed by atoms with Crippen molar-refractivity contribution >= 4 is 15.8 Å². The Labute approximate surface area is 131 Å². The predicted molar refractivity (Wildman–Crippen MR) is 91.0 cm³/mol. The van der Waals surface area contributed by atoms with Crippen molar-refractivity contribution in [1.82, 2.24) is 0 Å². The molecule has 0 saturated heterocycles. The lowest BCUT2D eigenvalue weighted by Gasteiger charge is -2.31. The minimum Gasteiger partial charge on any atom is -0.417 e. The minimum atomic E-state index is -0.908. The van der Waals surface area contributed by atoms with Gasteiger partial charge in [0, 0.05) is 19.8 Å². The van der Waals surface area contributed by atoms with E-state index in [0.29, 0.717) is 19.8 Å². The molecule has 0 N–H and O–H groups in total. The van der Waals surface area contributed by atoms with Crippen molar-refractivity contribution in [1.29, 1.82) is 0 Å². The topological polar surface area (TPSA) is 27.7 Å². The Bertz CT molecular complexity index is 414. The Morgan fingerprint density at radius 1 is 1.14 bits per heavy atom. The molecule has 1 rings (SSSR count). The molecule has 0 heterocycles. The maximum atomic E-state index is 5.95. The summed E-state index contributed by atoms with van der Waals surface area (Å²) in [6, 6.07) is 8.29. The summed E-state index contributed by atoms with van der Waals surface area (Å²) in [5, 5.41) is 0. The second-order valence-electron chi connectivity index (χ2n) is 4.84. The van der Waals surface area contributed by atoms with E-state index in [1.807, 2.05) is 26.0 Å². The van der Waals surface area contributed by atoms with E-state index in [9.17, 15) is 0 Å². The number of rotatable bonds is 11. The van der Waals surface area contributed by atoms with E-state index < -0.39 is 15.2 Å². The molecular weight excluding hydrogens is 280 g/mol. The summed E-state index contributed by atoms with van der Waals surface area (Å²) in [5.41, 5.74) is 1.98. The van der Waals surface area contributed by atoms with Crippen LogP contribution in [0.3, 0.4) is 0 Å². The van der Waals surface area contributed by atoms with Crippen molar-refractivity contribution < 1.29 is 13.9 Å². The summed E-state index contributed by atoms with van der Waals surface area (Å²) in [5.74, 6) is 0. The molecule has 0 aliphatic heterocycles. The fourth-order valence-electron chi connectivity index (χ4n) is 2.33. The van der Waals surface area contributed by atoms with Gasteiger partial charge in [0.2, 0.25) is 9.76 Å². The SMILES string of the molecule is C=Cc1ccccc1CCO[SiH2]C(CC)(OCC)OCC. The van der Waals surface area contributed by atoms with E-state index in [-0.39, 0.29) is 0 Å². The fraction of sp³-hybridized carbons (Fsp3) is 0.529. The van der Waals surface area contributed by atoms with E-state index in [0.717, 1.165) is 12.8 Å². The molecule has 0 saturated carbocycles. The van der Waals surface area contributed by atoms with Crippen molar-refractivity contribution in [2.24, 2.45) is 0 Å². The molecule has 21 heavy (non-hydrogen) atoms. The van der Waals surface area contributed by atoms with Crippen LogP contribution in [0.4, 0.5) is 0 Å². The highest BCUT2D eigenvalue weighted by Crippen LogP contribution is 2.17. The monoisotopic (exact) mass is 308 g/mol. The Morgan fingerprint density at radius 2 is 1.81 bits per heavy atom. The summed E-state index contributed by atoms with van der Waals surface area (Å²) in [6.07, 6.45) is 3.63. The quantitative estimate of drug-likeness (QED) is 0.357. The first kappa shape index (κ1) is 18.1. The Hall–Kier alpha value is -0.943. The molecule has 0 atom stereocenters. The first-order valence-corrected chi connectivity index (χ1v) is 9.05. The Kier molecular flexibility index (Phi) is 8.53. The van der Waals surface area contributed by atoms with E-state index in [2.05, 4.69) is 31.7 Å². The largest absolute Gasteiger partial charge is 0.417 e. The van der Waals surface area contributed by atoms with E-state index in [1.54, 1.807) is 0 Å². The van der Waals surface area contributed by atoms with Crippen molar-refractivity contribution in [2.45, 2.75) is 39.0 Å². The van der Waals surface area contributed by atoms with Gasteiger partial charge in [-0.2, -0.15) is 0 Å². The van der Waals surface area contributed by atoms with Crippen molar-refractivity contribution in [2.75, 3.05) is 19.8 Å². The maximum absolute atomic E-state index is 5.95. The molecular formula is C17H28O3Si. The summed E-state index contributed by atoms with van der Waals surface area (Å²) in [4.78, 5) is 0. The zero-order valence-electron chi connectivity index (χ0n) is 13.6. The number of hydrogen-bond acceptors (Lipinski definition) is 3. The van der Waals surface area contributed by atoms with Crippen LogP contribution < -0.4 is 0 Å². The van der Waals surface area contributed by atoms with E-state index in [1.165, 1.54) is 11.1 Å². The number of benzene rings is 1. The van der Waals surface area contributed by atoms with Gasteiger partial charge >= 0.3 is 0 Å². The third-order valence-corrected chi connectivity index (χ3v) is 5.31. The van der Waals surface area contributed by atoms with E-state index in [4.69, 9.17) is 13.9 Å². The van der Waals surface area contributed by atoms with Gasteiger partial charge in [0.1, 0.15) is 0 Å². The lowest BCUT2D eigenvalue weighted by Crippen LogP contribution is -2.43. The summed E-state index contributed by atoms with van der Waals surface area (Å²) < 4.78 is 17.6. The molecule has 1 aromatic rings. The van der Waals surface area contributed by atoms with Crippen LogP contribution in [-0.4, -0.2) is 35.0 Å². The molecule has 118 valence electrons. The zero-order chi connectivity index (χ0) is 15.6. The van der Waals surface area contributed by atoms with Crippen LogP contribution in [-0.2, 0) is 20.3 Å². The van der Waals surface area contributed by atoms with Gasteiger partial charge in [-0.15, -0.1) is 0 Å². The van der Waals surface area contributed by atoms with Crippen LogP contribution in [0.5, 0.6) is 0 Å². The Morgan fingerprint density at radius 3 is 2.38 bits per heavy atom. The molecule has 4 heteroatoms. The molecule has 0 spiro atoms. The van der Waals surface area contributed by atoms with Gasteiger partial charge in [-0.1, -0.05) is 43.8 Å². The summed E-state index contributed by atoms with van der Waals surface area (Å²) >= 11 is 0. The van der Waals surface area contributed by atoms with Gasteiger partial charge in [-0.05, 0) is 37.8 Å². The molecule has 0 fully saturated rings. The van der Waals surface area contributed by atoms with Crippen LogP contribution >= 0.6 is 0 Å². The summed E-state index contributed by atoms with van der Waals surface area (Å²) in [6.45, 7) is 12.0. The second-order valence-corrected chi connectivity index (χ2v) is 6.61. The molecule has 0 aliphatic rings. The van der Waals surface area contributed by atoms with Gasteiger partial charge in [0.25, 0.3) is 0 Å². The van der Waals surface area contributed by atoms with Gasteiger partial charge in [-0.25, -0.2) is 0 Å². The van der Waals surface area contributed by atoms with Crippen LogP contribution in [0.25, 0.3) is 6.08 Å². The van der Waals surface area contributed by atoms with Gasteiger partial charge < -0.3 is 13.9 Å². The van der Waals surface area contributed by atoms with Gasteiger partial charge in [0.15, 0.2) is 5.41 Å². The molecule has 0 bridgehead atoms. The first-order chi connectivity index (χ1) is 10.2. The highest BCUT2D eigenvalue weighted by molar-refractivity contribution is 6.31. The smallest absolute Gasteiger partial charge is 0.227 e. The number of ether oxygens (including phenoxy) is 2. The fourth-order valence-corrected chi connectivity index (χ4v) is 3.71. The first-order valence-electron chi connectivity index (χ1n) is 7.77. The summed E-state index contributed by atoms with van der Waals surface area (Å²) in [7, 11) is -0.908. The molecule has 3 nitrogen and oxygen atoms in total. The van der Waals surface area contributed by atoms with Crippen LogP contribution in [0.15, 0.2) is 30.8 Å². The minimum absolute atomic E-state index is 0.471. The molecule has 1 aromatic carbocycles. The predicted octanol–water partition coefficient (Wildman–Crippen LogP) is 3.11. The lowest BCUT2D eigenvalue weighted by molar-refractivity contribution is -0.183. The highest BCUT2D eigenvalue weighted by Gasteiger charge is 2.30. The van der Waals surface area contributed by atoms with Crippen LogP contribution in [0, 0.1) is 0 Å². The lowest BCUT2D eigenvalue weighted by atomic mass is 10.1. The second kappa shape index (κ2) is 9.90. The molecule has 0 aliphatic carbocycles. The highest BCUT2D eigenvalue weighted by atomic mass is 28.2. The third-order valence-electron chi connectivity index (χ3n) is 3.47. The van der Waals surface area contributed by atoms with Crippen LogP contribution in [0.1, 0.15) is 38.3 Å². The van der Waals surface area contributed by atoms with Gasteiger partial charge in [-0.3, -0.25) is 0 Å². The van der Waals surface area contributed by atoms with Crippen molar-refractivity contribution in [3.05, 3.63) is 42.0 Å². The Balaban J connectivity index is 2.48. The van der Waals surface area contributed by atoms with E-state index >= 15 is 0 Å². The molecule has 0 radical (unpaired) electrons. The average molecular weight is 308 g/mol. The third kappa shape index (κ3) is 5.75. The van der Waals surface area contributed by atoms with Crippen LogP contribution in [0.2, 0.25) is 0 Å². The molecule has 0 unspecified atom stereocenters. The normalized spacial score (nSPS) is 12.1.